The molecule has 4 heteroatoms. The zero-order chi connectivity index (χ0) is 26.5. The molecule has 0 heterocycles. The molecule has 0 aliphatic carbocycles. The molecule has 5 aromatic carbocycles. The van der Waals surface area contributed by atoms with E-state index in [1.807, 2.05) is 97.1 Å². The van der Waals surface area contributed by atoms with Crippen molar-refractivity contribution in [3.05, 3.63) is 121 Å². The van der Waals surface area contributed by atoms with Crippen LogP contribution in [0.4, 0.5) is 0 Å². The fourth-order valence-electron chi connectivity index (χ4n) is 4.45. The van der Waals surface area contributed by atoms with E-state index in [2.05, 4.69) is 24.3 Å². The highest BCUT2D eigenvalue weighted by Crippen LogP contribution is 2.37. The lowest BCUT2D eigenvalue weighted by atomic mass is 9.95. The largest absolute Gasteiger partial charge is 0.426 e. The summed E-state index contributed by atoms with van der Waals surface area (Å²) in [5.41, 5.74) is 7.78. The van der Waals surface area contributed by atoms with Crippen molar-refractivity contribution in [1.82, 2.24) is 0 Å². The third-order valence-electron chi connectivity index (χ3n) is 6.19. The Morgan fingerprint density at radius 3 is 1.11 bits per heavy atom. The molecule has 4 nitrogen and oxygen atoms in total. The quantitative estimate of drug-likeness (QED) is 0.175. The highest BCUT2D eigenvalue weighted by molar-refractivity contribution is 5.83. The molecule has 0 saturated carbocycles. The van der Waals surface area contributed by atoms with Crippen molar-refractivity contribution in [1.29, 1.82) is 0 Å². The monoisotopic (exact) mass is 498 g/mol. The Morgan fingerprint density at radius 2 is 0.763 bits per heavy atom. The average Bonchev–Trinajstić information content (AvgIpc) is 2.94. The minimum Gasteiger partial charge on any atom is -0.426 e. The summed E-state index contributed by atoms with van der Waals surface area (Å²) in [5.74, 6) is 0.360. The van der Waals surface area contributed by atoms with Crippen LogP contribution in [0.1, 0.15) is 13.8 Å². The molecule has 0 fully saturated rings. The van der Waals surface area contributed by atoms with E-state index in [0.29, 0.717) is 11.5 Å². The maximum Gasteiger partial charge on any atom is 0.308 e. The highest BCUT2D eigenvalue weighted by Gasteiger charge is 2.13. The van der Waals surface area contributed by atoms with Crippen LogP contribution in [0.25, 0.3) is 44.5 Å². The van der Waals surface area contributed by atoms with Crippen molar-refractivity contribution < 1.29 is 19.1 Å². The molecule has 0 unspecified atom stereocenters. The molecule has 0 N–H and O–H groups in total. The molecule has 38 heavy (non-hydrogen) atoms. The van der Waals surface area contributed by atoms with Crippen LogP contribution in [0.5, 0.6) is 11.5 Å². The van der Waals surface area contributed by atoms with E-state index in [1.54, 1.807) is 0 Å². The molecule has 0 atom stereocenters. The average molecular weight is 499 g/mol. The molecule has 0 bridgehead atoms. The van der Waals surface area contributed by atoms with Crippen LogP contribution in [0, 0.1) is 0 Å². The molecule has 0 aromatic heterocycles. The van der Waals surface area contributed by atoms with Gasteiger partial charge in [0, 0.05) is 25.0 Å². The van der Waals surface area contributed by atoms with Gasteiger partial charge in [-0.25, -0.2) is 0 Å². The van der Waals surface area contributed by atoms with Crippen molar-refractivity contribution in [3.63, 3.8) is 0 Å². The molecule has 0 saturated heterocycles. The van der Waals surface area contributed by atoms with Crippen molar-refractivity contribution in [2.45, 2.75) is 13.8 Å². The highest BCUT2D eigenvalue weighted by atomic mass is 16.5. The van der Waals surface area contributed by atoms with Gasteiger partial charge in [-0.15, -0.1) is 0 Å². The summed E-state index contributed by atoms with van der Waals surface area (Å²) in [6, 6.07) is 39.8. The molecule has 0 aliphatic heterocycles. The summed E-state index contributed by atoms with van der Waals surface area (Å²) in [4.78, 5) is 23.3. The van der Waals surface area contributed by atoms with Crippen LogP contribution in [0.15, 0.2) is 121 Å². The molecular formula is C34H26O4. The van der Waals surface area contributed by atoms with Gasteiger partial charge in [0.15, 0.2) is 0 Å². The number of carbonyl (C=O) groups is 2. The SMILES string of the molecule is CC(=O)Oc1ccc(-c2ccc(-c3ccc(OC(C)=O)c(-c4ccccc4)c3)cc2)cc1-c1ccccc1. The fourth-order valence-corrected chi connectivity index (χ4v) is 4.45. The van der Waals surface area contributed by atoms with Crippen LogP contribution >= 0.6 is 0 Å². The fraction of sp³-hybridized carbons (Fsp3) is 0.0588. The van der Waals surface area contributed by atoms with Gasteiger partial charge in [0.25, 0.3) is 0 Å². The summed E-state index contributed by atoms with van der Waals surface area (Å²) >= 11 is 0. The van der Waals surface area contributed by atoms with Crippen LogP contribution in [0.3, 0.4) is 0 Å². The number of carbonyl (C=O) groups excluding carboxylic acids is 2. The first kappa shape index (κ1) is 24.7. The van der Waals surface area contributed by atoms with Crippen LogP contribution < -0.4 is 9.47 Å². The number of ether oxygens (including phenoxy) is 2. The normalized spacial score (nSPS) is 10.6. The standard InChI is InChI=1S/C34H26O4/c1-23(35)37-33-19-17-29(21-31(33)27-9-5-3-6-10-27)25-13-15-26(16-14-25)30-18-20-34(38-24(2)36)32(22-30)28-11-7-4-8-12-28/h3-22H,1-2H3. The summed E-state index contributed by atoms with van der Waals surface area (Å²) < 4.78 is 11.0. The minimum absolute atomic E-state index is 0.353. The molecule has 5 aromatic rings. The van der Waals surface area contributed by atoms with Crippen molar-refractivity contribution in [2.24, 2.45) is 0 Å². The molecule has 0 aliphatic rings. The predicted octanol–water partition coefficient (Wildman–Crippen LogP) is 8.21. The Kier molecular flexibility index (Phi) is 7.14. The second kappa shape index (κ2) is 11.0. The van der Waals surface area contributed by atoms with Gasteiger partial charge in [-0.2, -0.15) is 0 Å². The Labute approximate surface area is 222 Å². The van der Waals surface area contributed by atoms with E-state index in [4.69, 9.17) is 9.47 Å². The van der Waals surface area contributed by atoms with Crippen molar-refractivity contribution >= 4 is 11.9 Å². The van der Waals surface area contributed by atoms with E-state index < -0.39 is 0 Å². The number of rotatable bonds is 6. The van der Waals surface area contributed by atoms with E-state index in [-0.39, 0.29) is 11.9 Å². The van der Waals surface area contributed by atoms with Gasteiger partial charge in [0.1, 0.15) is 11.5 Å². The minimum atomic E-state index is -0.353. The number of benzene rings is 5. The van der Waals surface area contributed by atoms with Gasteiger partial charge < -0.3 is 9.47 Å². The lowest BCUT2D eigenvalue weighted by Gasteiger charge is -2.13. The lowest BCUT2D eigenvalue weighted by molar-refractivity contribution is -0.132. The maximum atomic E-state index is 11.7. The van der Waals surface area contributed by atoms with Crippen LogP contribution in [-0.4, -0.2) is 11.9 Å². The first-order valence-electron chi connectivity index (χ1n) is 12.3. The predicted molar refractivity (Wildman–Crippen MR) is 151 cm³/mol. The molecular weight excluding hydrogens is 472 g/mol. The van der Waals surface area contributed by atoms with Crippen molar-refractivity contribution in [3.8, 4) is 56.0 Å². The summed E-state index contributed by atoms with van der Waals surface area (Å²) in [6.45, 7) is 2.81. The Balaban J connectivity index is 1.50. The first-order valence-corrected chi connectivity index (χ1v) is 12.3. The molecule has 0 spiro atoms. The maximum absolute atomic E-state index is 11.7. The molecule has 0 radical (unpaired) electrons. The number of esters is 2. The Hall–Kier alpha value is -4.96. The number of hydrogen-bond donors (Lipinski definition) is 0. The van der Waals surface area contributed by atoms with Gasteiger partial charge >= 0.3 is 11.9 Å². The smallest absolute Gasteiger partial charge is 0.308 e. The van der Waals surface area contributed by atoms with Gasteiger partial charge in [-0.3, -0.25) is 9.59 Å². The third kappa shape index (κ3) is 5.55. The molecule has 5 rings (SSSR count). The third-order valence-corrected chi connectivity index (χ3v) is 6.19. The summed E-state index contributed by atoms with van der Waals surface area (Å²) in [7, 11) is 0. The number of hydrogen-bond acceptors (Lipinski definition) is 4. The molecule has 186 valence electrons. The second-order valence-corrected chi connectivity index (χ2v) is 8.92. The van der Waals surface area contributed by atoms with E-state index in [0.717, 1.165) is 44.5 Å². The van der Waals surface area contributed by atoms with E-state index in [1.165, 1.54) is 13.8 Å². The van der Waals surface area contributed by atoms with Crippen LogP contribution in [0.2, 0.25) is 0 Å². The van der Waals surface area contributed by atoms with Crippen LogP contribution in [-0.2, 0) is 9.59 Å². The zero-order valence-electron chi connectivity index (χ0n) is 21.2. The summed E-state index contributed by atoms with van der Waals surface area (Å²) in [5, 5.41) is 0. The van der Waals surface area contributed by atoms with Gasteiger partial charge in [-0.05, 0) is 57.6 Å². The van der Waals surface area contributed by atoms with Crippen molar-refractivity contribution in [2.75, 3.05) is 0 Å². The van der Waals surface area contributed by atoms with Gasteiger partial charge in [-0.1, -0.05) is 97.1 Å². The van der Waals surface area contributed by atoms with E-state index in [9.17, 15) is 9.59 Å². The topological polar surface area (TPSA) is 52.6 Å². The first-order chi connectivity index (χ1) is 18.5. The van der Waals surface area contributed by atoms with E-state index >= 15 is 0 Å². The second-order valence-electron chi connectivity index (χ2n) is 8.92. The molecule has 0 amide bonds. The zero-order valence-corrected chi connectivity index (χ0v) is 21.2. The Bertz CT molecular complexity index is 1470. The summed E-state index contributed by atoms with van der Waals surface area (Å²) in [6.07, 6.45) is 0. The van der Waals surface area contributed by atoms with Gasteiger partial charge in [0.05, 0.1) is 0 Å². The Morgan fingerprint density at radius 1 is 0.421 bits per heavy atom. The van der Waals surface area contributed by atoms with Gasteiger partial charge in [0.2, 0.25) is 0 Å². The lowest BCUT2D eigenvalue weighted by Crippen LogP contribution is -2.03.